The van der Waals surface area contributed by atoms with Gasteiger partial charge in [-0.05, 0) is 26.0 Å². The second kappa shape index (κ2) is 4.22. The maximum Gasteiger partial charge on any atom is 0.167 e. The maximum atomic E-state index is 13.8. The van der Waals surface area contributed by atoms with E-state index in [0.29, 0.717) is 11.4 Å². The zero-order valence-electron chi connectivity index (χ0n) is 8.98. The molecule has 5 heteroatoms. The van der Waals surface area contributed by atoms with Crippen molar-refractivity contribution in [1.29, 1.82) is 0 Å². The Morgan fingerprint density at radius 3 is 2.81 bits per heavy atom. The molecule has 0 amide bonds. The fraction of sp³-hybridized carbons (Fsp3) is 0.273. The van der Waals surface area contributed by atoms with Crippen molar-refractivity contribution < 1.29 is 4.39 Å². The van der Waals surface area contributed by atoms with Gasteiger partial charge in [0.25, 0.3) is 0 Å². The predicted octanol–water partition coefficient (Wildman–Crippen LogP) is 3.32. The van der Waals surface area contributed by atoms with E-state index in [1.807, 2.05) is 13.8 Å². The fourth-order valence-corrected chi connectivity index (χ4v) is 1.66. The summed E-state index contributed by atoms with van der Waals surface area (Å²) >= 11 is 5.73. The molecule has 0 N–H and O–H groups in total. The predicted molar refractivity (Wildman–Crippen MR) is 60.8 cm³/mol. The highest BCUT2D eigenvalue weighted by Gasteiger charge is 2.15. The molecule has 0 aliphatic heterocycles. The smallest absolute Gasteiger partial charge is 0.167 e. The maximum absolute atomic E-state index is 13.8. The van der Waals surface area contributed by atoms with Crippen molar-refractivity contribution in [1.82, 2.24) is 14.8 Å². The summed E-state index contributed by atoms with van der Waals surface area (Å²) in [6.45, 7) is 3.96. The van der Waals surface area contributed by atoms with E-state index < -0.39 is 5.82 Å². The molecule has 1 heterocycles. The van der Waals surface area contributed by atoms with E-state index in [2.05, 4.69) is 10.2 Å². The molecule has 16 heavy (non-hydrogen) atoms. The Bertz CT molecular complexity index is 508. The Morgan fingerprint density at radius 2 is 2.12 bits per heavy atom. The molecule has 0 radical (unpaired) electrons. The summed E-state index contributed by atoms with van der Waals surface area (Å²) in [6.07, 6.45) is 1.58. The van der Waals surface area contributed by atoms with E-state index in [9.17, 15) is 4.39 Å². The average Bonchev–Trinajstić information content (AvgIpc) is 2.70. The van der Waals surface area contributed by atoms with Gasteiger partial charge in [-0.3, -0.25) is 0 Å². The van der Waals surface area contributed by atoms with E-state index in [4.69, 9.17) is 11.6 Å². The lowest BCUT2D eigenvalue weighted by molar-refractivity contribution is 0.594. The third-order valence-electron chi connectivity index (χ3n) is 2.32. The summed E-state index contributed by atoms with van der Waals surface area (Å²) in [5.74, 6) is 0.0362. The van der Waals surface area contributed by atoms with Crippen molar-refractivity contribution in [3.05, 3.63) is 35.4 Å². The Morgan fingerprint density at radius 1 is 1.38 bits per heavy atom. The molecular weight excluding hydrogens is 229 g/mol. The van der Waals surface area contributed by atoms with Crippen molar-refractivity contribution >= 4 is 11.6 Å². The van der Waals surface area contributed by atoms with Gasteiger partial charge in [-0.25, -0.2) is 4.39 Å². The van der Waals surface area contributed by atoms with Crippen LogP contribution in [0.1, 0.15) is 19.9 Å². The number of hydrogen-bond acceptors (Lipinski definition) is 2. The quantitative estimate of drug-likeness (QED) is 0.805. The lowest BCUT2D eigenvalue weighted by atomic mass is 10.2. The van der Waals surface area contributed by atoms with Gasteiger partial charge in [0, 0.05) is 6.04 Å². The van der Waals surface area contributed by atoms with Crippen molar-refractivity contribution in [2.45, 2.75) is 19.9 Å². The number of halogens is 2. The van der Waals surface area contributed by atoms with Crippen LogP contribution in [0.25, 0.3) is 11.4 Å². The van der Waals surface area contributed by atoms with Crippen molar-refractivity contribution in [2.75, 3.05) is 0 Å². The molecule has 0 bridgehead atoms. The highest BCUT2D eigenvalue weighted by molar-refractivity contribution is 6.31. The standard InChI is InChI=1S/C11H11ClFN3/c1-7(2)16-6-14-15-11(16)8-4-3-5-9(12)10(8)13/h3-7H,1-2H3. The molecule has 1 aromatic carbocycles. The van der Waals surface area contributed by atoms with Crippen LogP contribution in [-0.2, 0) is 0 Å². The Hall–Kier alpha value is -1.42. The minimum Gasteiger partial charge on any atom is -0.311 e. The Balaban J connectivity index is 2.59. The van der Waals surface area contributed by atoms with Gasteiger partial charge in [0.2, 0.25) is 0 Å². The van der Waals surface area contributed by atoms with E-state index in [-0.39, 0.29) is 11.1 Å². The van der Waals surface area contributed by atoms with Gasteiger partial charge >= 0.3 is 0 Å². The van der Waals surface area contributed by atoms with Crippen LogP contribution in [0.4, 0.5) is 4.39 Å². The minimum absolute atomic E-state index is 0.0933. The Labute approximate surface area is 97.9 Å². The molecule has 84 valence electrons. The topological polar surface area (TPSA) is 30.7 Å². The summed E-state index contributed by atoms with van der Waals surface area (Å²) in [7, 11) is 0. The summed E-state index contributed by atoms with van der Waals surface area (Å²) < 4.78 is 15.6. The molecule has 1 aromatic heterocycles. The molecule has 2 aromatic rings. The normalized spacial score (nSPS) is 11.1. The largest absolute Gasteiger partial charge is 0.311 e. The first kappa shape index (κ1) is 11.1. The summed E-state index contributed by atoms with van der Waals surface area (Å²) in [6, 6.07) is 5.02. The second-order valence-corrected chi connectivity index (χ2v) is 4.16. The van der Waals surface area contributed by atoms with Gasteiger partial charge in [0.1, 0.15) is 6.33 Å². The molecule has 0 saturated heterocycles. The van der Waals surface area contributed by atoms with Gasteiger partial charge < -0.3 is 4.57 Å². The number of hydrogen-bond donors (Lipinski definition) is 0. The first-order valence-electron chi connectivity index (χ1n) is 4.95. The van der Waals surface area contributed by atoms with Crippen molar-refractivity contribution in [3.63, 3.8) is 0 Å². The summed E-state index contributed by atoms with van der Waals surface area (Å²) in [5, 5.41) is 7.81. The molecule has 2 rings (SSSR count). The first-order valence-corrected chi connectivity index (χ1v) is 5.33. The van der Waals surface area contributed by atoms with E-state index in [0.717, 1.165) is 0 Å². The van der Waals surface area contributed by atoms with Crippen LogP contribution in [-0.4, -0.2) is 14.8 Å². The third kappa shape index (κ3) is 1.80. The van der Waals surface area contributed by atoms with Crippen LogP contribution in [0.15, 0.2) is 24.5 Å². The van der Waals surface area contributed by atoms with Crippen LogP contribution in [0.2, 0.25) is 5.02 Å². The highest BCUT2D eigenvalue weighted by atomic mass is 35.5. The number of rotatable bonds is 2. The van der Waals surface area contributed by atoms with Crippen LogP contribution in [0.3, 0.4) is 0 Å². The molecule has 0 fully saturated rings. The van der Waals surface area contributed by atoms with Gasteiger partial charge in [-0.2, -0.15) is 0 Å². The summed E-state index contributed by atoms with van der Waals surface area (Å²) in [4.78, 5) is 0. The SMILES string of the molecule is CC(C)n1cnnc1-c1cccc(Cl)c1F. The molecule has 0 unspecified atom stereocenters. The molecule has 0 saturated carbocycles. The minimum atomic E-state index is -0.459. The molecular formula is C11H11ClFN3. The van der Waals surface area contributed by atoms with Crippen LogP contribution in [0.5, 0.6) is 0 Å². The van der Waals surface area contributed by atoms with Gasteiger partial charge in [0.15, 0.2) is 11.6 Å². The lowest BCUT2D eigenvalue weighted by Gasteiger charge is -2.10. The van der Waals surface area contributed by atoms with Crippen molar-refractivity contribution in [3.8, 4) is 11.4 Å². The molecule has 0 aliphatic carbocycles. The van der Waals surface area contributed by atoms with E-state index in [1.165, 1.54) is 6.07 Å². The second-order valence-electron chi connectivity index (χ2n) is 3.76. The number of nitrogens with zero attached hydrogens (tertiary/aromatic N) is 3. The zero-order chi connectivity index (χ0) is 11.7. The number of benzene rings is 1. The monoisotopic (exact) mass is 239 g/mol. The van der Waals surface area contributed by atoms with E-state index in [1.54, 1.807) is 23.0 Å². The molecule has 0 atom stereocenters. The molecule has 0 aliphatic rings. The van der Waals surface area contributed by atoms with Gasteiger partial charge in [-0.1, -0.05) is 17.7 Å². The Kier molecular flexibility index (Phi) is 2.92. The summed E-state index contributed by atoms with van der Waals surface area (Å²) in [5.41, 5.74) is 0.374. The molecule has 3 nitrogen and oxygen atoms in total. The molecule has 0 spiro atoms. The van der Waals surface area contributed by atoms with Gasteiger partial charge in [0.05, 0.1) is 10.6 Å². The van der Waals surface area contributed by atoms with Crippen LogP contribution < -0.4 is 0 Å². The van der Waals surface area contributed by atoms with Crippen LogP contribution >= 0.6 is 11.6 Å². The number of aromatic nitrogens is 3. The van der Waals surface area contributed by atoms with Crippen molar-refractivity contribution in [2.24, 2.45) is 0 Å². The highest BCUT2D eigenvalue weighted by Crippen LogP contribution is 2.27. The zero-order valence-corrected chi connectivity index (χ0v) is 9.74. The first-order chi connectivity index (χ1) is 7.61. The lowest BCUT2D eigenvalue weighted by Crippen LogP contribution is -2.02. The van der Waals surface area contributed by atoms with Crippen LogP contribution in [0, 0.1) is 5.82 Å². The third-order valence-corrected chi connectivity index (χ3v) is 2.61. The van der Waals surface area contributed by atoms with Gasteiger partial charge in [-0.15, -0.1) is 10.2 Å². The van der Waals surface area contributed by atoms with E-state index >= 15 is 0 Å². The average molecular weight is 240 g/mol. The fourth-order valence-electron chi connectivity index (χ4n) is 1.49.